The van der Waals surface area contributed by atoms with Crippen molar-refractivity contribution in [3.63, 3.8) is 0 Å². The molecule has 0 aliphatic carbocycles. The molecule has 24 heavy (non-hydrogen) atoms. The molecule has 1 aliphatic heterocycles. The number of fused-ring (bicyclic) bond motifs is 1. The van der Waals surface area contributed by atoms with Gasteiger partial charge in [-0.2, -0.15) is 5.10 Å². The van der Waals surface area contributed by atoms with Crippen LogP contribution < -0.4 is 5.73 Å². The molecule has 1 aromatic carbocycles. The van der Waals surface area contributed by atoms with Gasteiger partial charge in [-0.05, 0) is 25.0 Å². The van der Waals surface area contributed by atoms with Crippen molar-refractivity contribution in [1.29, 1.82) is 0 Å². The molecule has 0 bridgehead atoms. The van der Waals surface area contributed by atoms with E-state index in [1.54, 1.807) is 0 Å². The molecular formula is C19H26N4O. The zero-order valence-corrected chi connectivity index (χ0v) is 14.5. The maximum Gasteiger partial charge on any atom is 0.230 e. The third kappa shape index (κ3) is 2.73. The van der Waals surface area contributed by atoms with Crippen molar-refractivity contribution in [1.82, 2.24) is 14.7 Å². The Kier molecular flexibility index (Phi) is 4.71. The van der Waals surface area contributed by atoms with Crippen molar-refractivity contribution in [2.45, 2.75) is 39.7 Å². The summed E-state index contributed by atoms with van der Waals surface area (Å²) in [4.78, 5) is 15.0. The number of para-hydroxylation sites is 1. The maximum absolute atomic E-state index is 13.0. The topological polar surface area (TPSA) is 64.2 Å². The van der Waals surface area contributed by atoms with Crippen molar-refractivity contribution < 1.29 is 4.79 Å². The van der Waals surface area contributed by atoms with Gasteiger partial charge in [0.2, 0.25) is 5.91 Å². The fourth-order valence-electron chi connectivity index (χ4n) is 3.56. The lowest BCUT2D eigenvalue weighted by Gasteiger charge is -2.37. The zero-order valence-electron chi connectivity index (χ0n) is 14.5. The summed E-state index contributed by atoms with van der Waals surface area (Å²) >= 11 is 0. The van der Waals surface area contributed by atoms with Crippen LogP contribution in [0, 0.1) is 5.41 Å². The van der Waals surface area contributed by atoms with Gasteiger partial charge in [0.15, 0.2) is 0 Å². The minimum absolute atomic E-state index is 0.188. The zero-order chi connectivity index (χ0) is 17.2. The Balaban J connectivity index is 1.84. The summed E-state index contributed by atoms with van der Waals surface area (Å²) in [5.41, 5.74) is 8.93. The Hall–Kier alpha value is -2.14. The lowest BCUT2D eigenvalue weighted by Crippen LogP contribution is -2.49. The molecule has 0 spiro atoms. The van der Waals surface area contributed by atoms with Gasteiger partial charge in [-0.1, -0.05) is 32.0 Å². The Morgan fingerprint density at radius 2 is 1.96 bits per heavy atom. The minimum Gasteiger partial charge on any atom is -0.337 e. The average molecular weight is 326 g/mol. The van der Waals surface area contributed by atoms with Crippen LogP contribution in [0.5, 0.6) is 0 Å². The molecule has 2 aromatic rings. The first-order valence-corrected chi connectivity index (χ1v) is 8.76. The van der Waals surface area contributed by atoms with Crippen LogP contribution in [0.4, 0.5) is 0 Å². The Morgan fingerprint density at radius 1 is 1.25 bits per heavy atom. The molecule has 2 heterocycles. The number of benzene rings is 1. The van der Waals surface area contributed by atoms with E-state index in [1.165, 1.54) is 5.69 Å². The van der Waals surface area contributed by atoms with Gasteiger partial charge < -0.3 is 10.6 Å². The van der Waals surface area contributed by atoms with E-state index < -0.39 is 5.41 Å². The number of carbonyl (C=O) groups is 1. The van der Waals surface area contributed by atoms with Gasteiger partial charge in [-0.3, -0.25) is 4.79 Å². The molecule has 0 saturated heterocycles. The molecule has 128 valence electrons. The highest BCUT2D eigenvalue weighted by Gasteiger charge is 2.38. The van der Waals surface area contributed by atoms with Crippen LogP contribution in [-0.2, 0) is 17.8 Å². The Bertz CT molecular complexity index is 695. The molecule has 2 N–H and O–H groups in total. The van der Waals surface area contributed by atoms with Gasteiger partial charge in [0.05, 0.1) is 23.0 Å². The lowest BCUT2D eigenvalue weighted by molar-refractivity contribution is -0.143. The number of nitrogens with two attached hydrogens (primary N) is 1. The van der Waals surface area contributed by atoms with Crippen molar-refractivity contribution >= 4 is 5.91 Å². The van der Waals surface area contributed by atoms with Crippen molar-refractivity contribution in [3.05, 3.63) is 47.8 Å². The first-order valence-electron chi connectivity index (χ1n) is 8.76. The molecule has 0 atom stereocenters. The highest BCUT2D eigenvalue weighted by Crippen LogP contribution is 2.31. The molecule has 0 fully saturated rings. The van der Waals surface area contributed by atoms with Gasteiger partial charge >= 0.3 is 0 Å². The molecule has 5 heteroatoms. The summed E-state index contributed by atoms with van der Waals surface area (Å²) in [5.74, 6) is 0.188. The number of hydrogen-bond donors (Lipinski definition) is 1. The van der Waals surface area contributed by atoms with E-state index in [1.807, 2.05) is 34.0 Å². The summed E-state index contributed by atoms with van der Waals surface area (Å²) in [6.07, 6.45) is 4.28. The summed E-state index contributed by atoms with van der Waals surface area (Å²) in [5, 5.41) is 4.54. The fraction of sp³-hybridized carbons (Fsp3) is 0.474. The van der Waals surface area contributed by atoms with E-state index in [-0.39, 0.29) is 5.91 Å². The summed E-state index contributed by atoms with van der Waals surface area (Å²) in [6, 6.07) is 10.1. The molecular weight excluding hydrogens is 300 g/mol. The van der Waals surface area contributed by atoms with Gasteiger partial charge in [-0.15, -0.1) is 0 Å². The van der Waals surface area contributed by atoms with Crippen LogP contribution in [0.3, 0.4) is 0 Å². The van der Waals surface area contributed by atoms with E-state index in [2.05, 4.69) is 31.1 Å². The number of amides is 1. The quantitative estimate of drug-likeness (QED) is 0.918. The predicted molar refractivity (Wildman–Crippen MR) is 94.8 cm³/mol. The van der Waals surface area contributed by atoms with Crippen LogP contribution in [0.2, 0.25) is 0 Å². The number of aromatic nitrogens is 2. The van der Waals surface area contributed by atoms with Crippen LogP contribution in [0.1, 0.15) is 37.9 Å². The second-order valence-corrected chi connectivity index (χ2v) is 6.53. The molecule has 3 rings (SSSR count). The molecule has 1 aliphatic rings. The molecule has 0 saturated carbocycles. The third-order valence-electron chi connectivity index (χ3n) is 5.42. The SMILES string of the molecule is CCC(CC)(CN)C(=O)N1CCc2c(cnn2-c2ccccc2)C1. The Morgan fingerprint density at radius 3 is 2.58 bits per heavy atom. The normalized spacial score (nSPS) is 14.5. The van der Waals surface area contributed by atoms with Gasteiger partial charge in [0, 0.05) is 31.6 Å². The second kappa shape index (κ2) is 6.77. The van der Waals surface area contributed by atoms with Gasteiger partial charge in [-0.25, -0.2) is 4.68 Å². The minimum atomic E-state index is -0.424. The van der Waals surface area contributed by atoms with Crippen molar-refractivity contribution in [2.24, 2.45) is 11.1 Å². The molecule has 1 amide bonds. The maximum atomic E-state index is 13.0. The first-order chi connectivity index (χ1) is 11.6. The third-order valence-corrected chi connectivity index (χ3v) is 5.42. The van der Waals surface area contributed by atoms with Crippen LogP contribution >= 0.6 is 0 Å². The second-order valence-electron chi connectivity index (χ2n) is 6.53. The monoisotopic (exact) mass is 326 g/mol. The van der Waals surface area contributed by atoms with Crippen LogP contribution in [-0.4, -0.2) is 33.7 Å². The lowest BCUT2D eigenvalue weighted by atomic mass is 9.80. The standard InChI is InChI=1S/C19H26N4O/c1-3-19(4-2,14-20)18(24)22-11-10-17-15(13-22)12-21-23(17)16-8-6-5-7-9-16/h5-9,12H,3-4,10-11,13-14,20H2,1-2H3. The van der Waals surface area contributed by atoms with E-state index >= 15 is 0 Å². The predicted octanol–water partition coefficient (Wildman–Crippen LogP) is 2.52. The number of rotatable bonds is 5. The number of hydrogen-bond acceptors (Lipinski definition) is 3. The van der Waals surface area contributed by atoms with E-state index in [4.69, 9.17) is 5.73 Å². The molecule has 5 nitrogen and oxygen atoms in total. The average Bonchev–Trinajstić information content (AvgIpc) is 3.07. The van der Waals surface area contributed by atoms with Crippen molar-refractivity contribution in [3.8, 4) is 5.69 Å². The molecule has 1 aromatic heterocycles. The number of nitrogens with zero attached hydrogens (tertiary/aromatic N) is 3. The largest absolute Gasteiger partial charge is 0.337 e. The van der Waals surface area contributed by atoms with Crippen LogP contribution in [0.15, 0.2) is 36.5 Å². The van der Waals surface area contributed by atoms with E-state index in [0.29, 0.717) is 13.1 Å². The van der Waals surface area contributed by atoms with Crippen LogP contribution in [0.25, 0.3) is 5.69 Å². The summed E-state index contributed by atoms with van der Waals surface area (Å²) in [7, 11) is 0. The smallest absolute Gasteiger partial charge is 0.230 e. The Labute approximate surface area is 143 Å². The first kappa shape index (κ1) is 16.7. The van der Waals surface area contributed by atoms with Crippen molar-refractivity contribution in [2.75, 3.05) is 13.1 Å². The van der Waals surface area contributed by atoms with E-state index in [0.717, 1.165) is 37.1 Å². The highest BCUT2D eigenvalue weighted by molar-refractivity contribution is 5.83. The fourth-order valence-corrected chi connectivity index (χ4v) is 3.56. The summed E-state index contributed by atoms with van der Waals surface area (Å²) in [6.45, 7) is 5.87. The molecule has 0 radical (unpaired) electrons. The number of carbonyl (C=O) groups excluding carboxylic acids is 1. The van der Waals surface area contributed by atoms with Gasteiger partial charge in [0.25, 0.3) is 0 Å². The summed E-state index contributed by atoms with van der Waals surface area (Å²) < 4.78 is 1.99. The molecule has 0 unspecified atom stereocenters. The van der Waals surface area contributed by atoms with E-state index in [9.17, 15) is 4.79 Å². The highest BCUT2D eigenvalue weighted by atomic mass is 16.2. The van der Waals surface area contributed by atoms with Gasteiger partial charge in [0.1, 0.15) is 0 Å².